The first-order valence-electron chi connectivity index (χ1n) is 13.4. The zero-order valence-corrected chi connectivity index (χ0v) is 22.0. The van der Waals surface area contributed by atoms with E-state index in [0.29, 0.717) is 38.0 Å². The van der Waals surface area contributed by atoms with Crippen LogP contribution in [0.4, 0.5) is 4.39 Å². The molecule has 1 N–H and O–H groups in total. The number of aliphatic hydroxyl groups excluding tert-OH is 1. The second-order valence-electron chi connectivity index (χ2n) is 11.2. The molecule has 0 bridgehead atoms. The van der Waals surface area contributed by atoms with E-state index >= 15 is 0 Å². The van der Waals surface area contributed by atoms with E-state index in [4.69, 9.17) is 11.6 Å². The minimum Gasteiger partial charge on any atom is -0.391 e. The van der Waals surface area contributed by atoms with E-state index in [9.17, 15) is 23.9 Å². The topological polar surface area (TPSA) is 81.2 Å². The van der Waals surface area contributed by atoms with E-state index in [1.807, 2.05) is 4.90 Å². The number of aliphatic hydroxyl groups is 1. The molecule has 1 spiro atoms. The summed E-state index contributed by atoms with van der Waals surface area (Å²) < 4.78 is 13.4. The molecule has 0 aromatic heterocycles. The third-order valence-electron chi connectivity index (χ3n) is 8.91. The van der Waals surface area contributed by atoms with E-state index in [1.54, 1.807) is 28.9 Å². The third kappa shape index (κ3) is 5.28. The lowest BCUT2D eigenvalue weighted by Gasteiger charge is -2.50. The maximum absolute atomic E-state index is 13.4. The number of carbonyl (C=O) groups excluding carboxylic acids is 3. The Hall–Kier alpha value is -2.45. The van der Waals surface area contributed by atoms with Crippen molar-refractivity contribution in [2.45, 2.75) is 82.5 Å². The normalized spacial score (nSPS) is 29.1. The largest absolute Gasteiger partial charge is 0.391 e. The van der Waals surface area contributed by atoms with Crippen LogP contribution < -0.4 is 0 Å². The summed E-state index contributed by atoms with van der Waals surface area (Å²) >= 11 is 5.83. The van der Waals surface area contributed by atoms with Crippen LogP contribution in [0, 0.1) is 11.2 Å². The number of hydrogen-bond acceptors (Lipinski definition) is 4. The lowest BCUT2D eigenvalue weighted by atomic mass is 9.88. The van der Waals surface area contributed by atoms with Gasteiger partial charge in [-0.3, -0.25) is 14.4 Å². The highest BCUT2D eigenvalue weighted by molar-refractivity contribution is 6.30. The van der Waals surface area contributed by atoms with Gasteiger partial charge in [-0.25, -0.2) is 4.39 Å². The number of amides is 3. The zero-order valence-electron chi connectivity index (χ0n) is 21.2. The fourth-order valence-corrected chi connectivity index (χ4v) is 6.51. The highest BCUT2D eigenvalue weighted by Crippen LogP contribution is 2.53. The minimum atomic E-state index is -0.603. The van der Waals surface area contributed by atoms with Crippen LogP contribution in [0.1, 0.15) is 63.9 Å². The summed E-state index contributed by atoms with van der Waals surface area (Å²) in [6.45, 7) is 3.32. The number of halogens is 2. The Morgan fingerprint density at radius 2 is 2.00 bits per heavy atom. The van der Waals surface area contributed by atoms with Gasteiger partial charge in [0.15, 0.2) is 0 Å². The lowest BCUT2D eigenvalue weighted by molar-refractivity contribution is -0.158. The van der Waals surface area contributed by atoms with Crippen LogP contribution >= 0.6 is 11.6 Å². The first kappa shape index (κ1) is 26.2. The molecule has 5 rings (SSSR count). The molecule has 0 radical (unpaired) electrons. The Bertz CT molecular complexity index is 1110. The Balaban J connectivity index is 1.18. The molecular formula is C28H35ClFN3O4. The number of benzene rings is 1. The van der Waals surface area contributed by atoms with Crippen LogP contribution in [-0.2, 0) is 14.4 Å². The molecule has 1 aromatic carbocycles. The summed E-state index contributed by atoms with van der Waals surface area (Å²) in [5.41, 5.74) is 0.669. The molecule has 1 aromatic rings. The van der Waals surface area contributed by atoms with Gasteiger partial charge in [0.25, 0.3) is 0 Å². The van der Waals surface area contributed by atoms with Crippen molar-refractivity contribution in [2.24, 2.45) is 5.41 Å². The summed E-state index contributed by atoms with van der Waals surface area (Å²) in [5.74, 6) is -0.814. The number of likely N-dealkylation sites (tertiary alicyclic amines) is 1. The van der Waals surface area contributed by atoms with Crippen LogP contribution in [0.25, 0.3) is 6.08 Å². The van der Waals surface area contributed by atoms with E-state index < -0.39 is 18.0 Å². The Labute approximate surface area is 222 Å². The number of piperazine rings is 1. The fraction of sp³-hybridized carbons (Fsp3) is 0.607. The van der Waals surface area contributed by atoms with Crippen LogP contribution in [0.15, 0.2) is 24.3 Å². The number of carbonyl (C=O) groups is 3. The SMILES string of the molecule is CC1C(=O)N2C(CCC(=O)N3CCC4(CC4)C(O)C3)CCCC2CN1C(=O)C=Cc1ccc(F)c(Cl)c1. The van der Waals surface area contributed by atoms with Crippen molar-refractivity contribution >= 4 is 35.4 Å². The molecule has 9 heteroatoms. The summed E-state index contributed by atoms with van der Waals surface area (Å²) in [4.78, 5) is 44.7. The number of rotatable bonds is 5. The predicted molar refractivity (Wildman–Crippen MR) is 138 cm³/mol. The van der Waals surface area contributed by atoms with Gasteiger partial charge in [0.2, 0.25) is 17.7 Å². The molecule has 3 amide bonds. The third-order valence-corrected chi connectivity index (χ3v) is 9.20. The number of fused-ring (bicyclic) bond motifs is 1. The van der Waals surface area contributed by atoms with Crippen LogP contribution in [-0.4, -0.2) is 81.4 Å². The molecule has 7 nitrogen and oxygen atoms in total. The van der Waals surface area contributed by atoms with E-state index in [2.05, 4.69) is 0 Å². The zero-order chi connectivity index (χ0) is 26.3. The summed E-state index contributed by atoms with van der Waals surface area (Å²) in [6, 6.07) is 3.56. The van der Waals surface area contributed by atoms with Crippen molar-refractivity contribution in [3.63, 3.8) is 0 Å². The minimum absolute atomic E-state index is 0.0122. The van der Waals surface area contributed by atoms with Crippen LogP contribution in [0.3, 0.4) is 0 Å². The number of β-amino-alcohol motifs (C(OH)–C–C–N with tert-alkyl or cyclic N) is 1. The van der Waals surface area contributed by atoms with Crippen molar-refractivity contribution in [1.29, 1.82) is 0 Å². The molecule has 4 atom stereocenters. The maximum atomic E-state index is 13.4. The van der Waals surface area contributed by atoms with Gasteiger partial charge in [0, 0.05) is 44.2 Å². The average Bonchev–Trinajstić information content (AvgIpc) is 3.67. The smallest absolute Gasteiger partial charge is 0.247 e. The van der Waals surface area contributed by atoms with Gasteiger partial charge in [-0.15, -0.1) is 0 Å². The molecule has 4 aliphatic rings. The van der Waals surface area contributed by atoms with Gasteiger partial charge in [-0.05, 0) is 81.1 Å². The molecule has 4 unspecified atom stereocenters. The van der Waals surface area contributed by atoms with Gasteiger partial charge in [0.05, 0.1) is 11.1 Å². The molecule has 3 aliphatic heterocycles. The molecule has 1 aliphatic carbocycles. The monoisotopic (exact) mass is 531 g/mol. The quantitative estimate of drug-likeness (QED) is 0.588. The first-order chi connectivity index (χ1) is 17.7. The molecular weight excluding hydrogens is 497 g/mol. The second-order valence-corrected chi connectivity index (χ2v) is 11.6. The van der Waals surface area contributed by atoms with E-state index in [1.165, 1.54) is 18.2 Å². The predicted octanol–water partition coefficient (Wildman–Crippen LogP) is 3.63. The Morgan fingerprint density at radius 1 is 1.22 bits per heavy atom. The van der Waals surface area contributed by atoms with Crippen LogP contribution in [0.5, 0.6) is 0 Å². The maximum Gasteiger partial charge on any atom is 0.247 e. The molecule has 3 saturated heterocycles. The molecule has 3 heterocycles. The first-order valence-corrected chi connectivity index (χ1v) is 13.8. The molecule has 37 heavy (non-hydrogen) atoms. The number of nitrogens with zero attached hydrogens (tertiary/aromatic N) is 3. The highest BCUT2D eigenvalue weighted by atomic mass is 35.5. The van der Waals surface area contributed by atoms with E-state index in [-0.39, 0.29) is 40.2 Å². The van der Waals surface area contributed by atoms with Gasteiger partial charge >= 0.3 is 0 Å². The van der Waals surface area contributed by atoms with Crippen LogP contribution in [0.2, 0.25) is 5.02 Å². The Morgan fingerprint density at radius 3 is 2.70 bits per heavy atom. The van der Waals surface area contributed by atoms with Crippen molar-refractivity contribution in [1.82, 2.24) is 14.7 Å². The van der Waals surface area contributed by atoms with Crippen molar-refractivity contribution in [3.8, 4) is 0 Å². The summed E-state index contributed by atoms with van der Waals surface area (Å²) in [7, 11) is 0. The van der Waals surface area contributed by atoms with E-state index in [0.717, 1.165) is 38.5 Å². The van der Waals surface area contributed by atoms with Crippen molar-refractivity contribution < 1.29 is 23.9 Å². The fourth-order valence-electron chi connectivity index (χ4n) is 6.32. The summed E-state index contributed by atoms with van der Waals surface area (Å²) in [6.07, 6.45) is 9.14. The number of piperidine rings is 2. The van der Waals surface area contributed by atoms with Gasteiger partial charge < -0.3 is 19.8 Å². The average molecular weight is 532 g/mol. The lowest BCUT2D eigenvalue weighted by Crippen LogP contribution is -2.65. The van der Waals surface area contributed by atoms with Crippen molar-refractivity contribution in [2.75, 3.05) is 19.6 Å². The Kier molecular flexibility index (Phi) is 7.33. The number of hydrogen-bond donors (Lipinski definition) is 1. The summed E-state index contributed by atoms with van der Waals surface area (Å²) in [5, 5.41) is 10.4. The van der Waals surface area contributed by atoms with Crippen molar-refractivity contribution in [3.05, 3.63) is 40.7 Å². The molecule has 200 valence electrons. The second kappa shape index (κ2) is 10.4. The van der Waals surface area contributed by atoms with Gasteiger partial charge in [0.1, 0.15) is 11.9 Å². The molecule has 1 saturated carbocycles. The standard InChI is InChI=1S/C28H35ClFN3O4/c1-18-27(37)33-20(7-10-25(35)31-14-13-28(11-12-28)24(34)17-31)3-2-4-21(33)16-32(18)26(36)9-6-19-5-8-23(30)22(29)15-19/h5-6,8-9,15,18,20-21,24,34H,2-4,7,10-14,16-17H2,1H3. The van der Waals surface area contributed by atoms with Gasteiger partial charge in [-0.2, -0.15) is 0 Å². The van der Waals surface area contributed by atoms with Gasteiger partial charge in [-0.1, -0.05) is 17.7 Å². The molecule has 4 fully saturated rings. The highest BCUT2D eigenvalue weighted by Gasteiger charge is 2.52.